The molecular weight excluding hydrogens is 485 g/mol. The zero-order valence-corrected chi connectivity index (χ0v) is 21.2. The number of likely N-dealkylation sites (tertiary alicyclic amines) is 1. The van der Waals surface area contributed by atoms with E-state index in [0.29, 0.717) is 47.0 Å². The van der Waals surface area contributed by atoms with Crippen molar-refractivity contribution in [3.05, 3.63) is 59.7 Å². The van der Waals surface area contributed by atoms with Crippen molar-refractivity contribution in [3.63, 3.8) is 0 Å². The number of aromatic nitrogens is 3. The average Bonchev–Trinajstić information content (AvgIpc) is 3.42. The number of amides is 1. The fraction of sp³-hybridized carbons (Fsp3) is 0.286. The molecule has 2 aromatic carbocycles. The van der Waals surface area contributed by atoms with Crippen molar-refractivity contribution in [2.45, 2.75) is 32.7 Å². The standard InChI is InChI=1S/C28H28FN7O2/c1-15-20(13-32-27-26(15)31-9-11-38-27)19-12-22-21(25(30)24(19)29)14-33-28(35-22)34-18-7-5-17(6-8-18)23-4-3-10-36(23)16(2)37/h5-8,12-14,23,31H,3-4,9-11,30H2,1-2H3,(H,33,34,35)/t23-/m1/s1. The second-order valence-corrected chi connectivity index (χ2v) is 9.65. The summed E-state index contributed by atoms with van der Waals surface area (Å²) in [5.41, 5.74) is 11.1. The van der Waals surface area contributed by atoms with Crippen molar-refractivity contribution in [1.29, 1.82) is 0 Å². The molecule has 1 amide bonds. The number of hydrogen-bond acceptors (Lipinski definition) is 8. The number of carbonyl (C=O) groups is 1. The van der Waals surface area contributed by atoms with Gasteiger partial charge in [0, 0.05) is 54.6 Å². The second-order valence-electron chi connectivity index (χ2n) is 9.65. The third-order valence-corrected chi connectivity index (χ3v) is 7.31. The summed E-state index contributed by atoms with van der Waals surface area (Å²) in [4.78, 5) is 27.2. The quantitative estimate of drug-likeness (QED) is 0.328. The molecule has 10 heteroatoms. The lowest BCUT2D eigenvalue weighted by Crippen LogP contribution is -2.27. The normalized spacial score (nSPS) is 16.6. The summed E-state index contributed by atoms with van der Waals surface area (Å²) in [7, 11) is 0. The number of rotatable bonds is 4. The molecule has 0 radical (unpaired) electrons. The van der Waals surface area contributed by atoms with Crippen molar-refractivity contribution in [3.8, 4) is 17.0 Å². The number of fused-ring (bicyclic) bond motifs is 2. The Morgan fingerprint density at radius 1 is 1.21 bits per heavy atom. The van der Waals surface area contributed by atoms with Gasteiger partial charge in [-0.2, -0.15) is 0 Å². The first-order chi connectivity index (χ1) is 18.4. The summed E-state index contributed by atoms with van der Waals surface area (Å²) >= 11 is 0. The topological polar surface area (TPSA) is 118 Å². The van der Waals surface area contributed by atoms with Crippen LogP contribution in [0.3, 0.4) is 0 Å². The van der Waals surface area contributed by atoms with E-state index >= 15 is 4.39 Å². The van der Waals surface area contributed by atoms with E-state index in [1.54, 1.807) is 19.2 Å². The van der Waals surface area contributed by atoms with Gasteiger partial charge in [0.2, 0.25) is 17.7 Å². The Hall–Kier alpha value is -4.47. The van der Waals surface area contributed by atoms with Gasteiger partial charge in [0.25, 0.3) is 0 Å². The molecule has 2 aliphatic heterocycles. The highest BCUT2D eigenvalue weighted by Gasteiger charge is 2.27. The lowest BCUT2D eigenvalue weighted by atomic mass is 9.98. The average molecular weight is 514 g/mol. The Morgan fingerprint density at radius 3 is 2.82 bits per heavy atom. The highest BCUT2D eigenvalue weighted by Crippen LogP contribution is 2.39. The molecule has 194 valence electrons. The number of nitrogens with two attached hydrogens (primary N) is 1. The van der Waals surface area contributed by atoms with Gasteiger partial charge < -0.3 is 26.0 Å². The van der Waals surface area contributed by atoms with E-state index in [4.69, 9.17) is 10.5 Å². The summed E-state index contributed by atoms with van der Waals surface area (Å²) in [6.07, 6.45) is 5.09. The maximum Gasteiger partial charge on any atom is 0.237 e. The number of halogens is 1. The largest absolute Gasteiger partial charge is 0.474 e. The van der Waals surface area contributed by atoms with Crippen molar-refractivity contribution < 1.29 is 13.9 Å². The fourth-order valence-corrected chi connectivity index (χ4v) is 5.33. The number of benzene rings is 2. The molecule has 1 fully saturated rings. The lowest BCUT2D eigenvalue weighted by molar-refractivity contribution is -0.129. The molecule has 4 heterocycles. The van der Waals surface area contributed by atoms with Gasteiger partial charge in [0.1, 0.15) is 12.3 Å². The van der Waals surface area contributed by atoms with Crippen molar-refractivity contribution in [2.24, 2.45) is 0 Å². The Balaban J connectivity index is 1.31. The molecule has 2 aliphatic rings. The van der Waals surface area contributed by atoms with Gasteiger partial charge >= 0.3 is 0 Å². The molecule has 4 aromatic rings. The van der Waals surface area contributed by atoms with Gasteiger partial charge in [0.15, 0.2) is 5.82 Å². The number of anilines is 4. The minimum absolute atomic E-state index is 0.0127. The lowest BCUT2D eigenvalue weighted by Gasteiger charge is -2.23. The Morgan fingerprint density at radius 2 is 2.03 bits per heavy atom. The van der Waals surface area contributed by atoms with Crippen molar-refractivity contribution >= 4 is 39.8 Å². The van der Waals surface area contributed by atoms with E-state index in [0.717, 1.165) is 41.9 Å². The van der Waals surface area contributed by atoms with E-state index in [-0.39, 0.29) is 17.6 Å². The summed E-state index contributed by atoms with van der Waals surface area (Å²) < 4.78 is 21.0. The van der Waals surface area contributed by atoms with Gasteiger partial charge in [-0.1, -0.05) is 12.1 Å². The molecule has 0 saturated carbocycles. The minimum atomic E-state index is -0.537. The summed E-state index contributed by atoms with van der Waals surface area (Å²) in [6, 6.07) is 9.71. The molecule has 1 atom stereocenters. The molecule has 38 heavy (non-hydrogen) atoms. The monoisotopic (exact) mass is 513 g/mol. The molecule has 2 aromatic heterocycles. The molecule has 0 unspecified atom stereocenters. The van der Waals surface area contributed by atoms with Crippen LogP contribution in [0.5, 0.6) is 5.88 Å². The third-order valence-electron chi connectivity index (χ3n) is 7.31. The molecule has 1 saturated heterocycles. The summed E-state index contributed by atoms with van der Waals surface area (Å²) in [5, 5.41) is 6.93. The molecule has 0 aliphatic carbocycles. The van der Waals surface area contributed by atoms with Crippen LogP contribution >= 0.6 is 0 Å². The van der Waals surface area contributed by atoms with Gasteiger partial charge in [0.05, 0.1) is 17.2 Å². The van der Waals surface area contributed by atoms with Crippen LogP contribution in [-0.2, 0) is 4.79 Å². The van der Waals surface area contributed by atoms with Crippen LogP contribution in [-0.4, -0.2) is 45.5 Å². The van der Waals surface area contributed by atoms with Gasteiger partial charge in [-0.25, -0.2) is 19.3 Å². The number of nitrogens with zero attached hydrogens (tertiary/aromatic N) is 4. The van der Waals surface area contributed by atoms with E-state index in [2.05, 4.69) is 25.6 Å². The van der Waals surface area contributed by atoms with Crippen LogP contribution in [0.4, 0.5) is 27.4 Å². The first-order valence-electron chi connectivity index (χ1n) is 12.7. The van der Waals surface area contributed by atoms with Crippen LogP contribution < -0.4 is 21.1 Å². The van der Waals surface area contributed by atoms with E-state index in [9.17, 15) is 4.79 Å². The smallest absolute Gasteiger partial charge is 0.237 e. The van der Waals surface area contributed by atoms with Crippen LogP contribution in [0.25, 0.3) is 22.0 Å². The van der Waals surface area contributed by atoms with Crippen LogP contribution in [0, 0.1) is 12.7 Å². The second kappa shape index (κ2) is 9.44. The predicted molar refractivity (Wildman–Crippen MR) is 145 cm³/mol. The van der Waals surface area contributed by atoms with E-state index in [1.165, 1.54) is 6.20 Å². The van der Waals surface area contributed by atoms with Gasteiger partial charge in [-0.3, -0.25) is 4.79 Å². The predicted octanol–water partition coefficient (Wildman–Crippen LogP) is 4.95. The van der Waals surface area contributed by atoms with Gasteiger partial charge in [-0.15, -0.1) is 0 Å². The zero-order valence-electron chi connectivity index (χ0n) is 21.2. The fourth-order valence-electron chi connectivity index (χ4n) is 5.33. The van der Waals surface area contributed by atoms with Crippen LogP contribution in [0.15, 0.2) is 42.7 Å². The SMILES string of the molecule is CC(=O)N1CCC[C@@H]1c1ccc(Nc2ncc3c(N)c(F)c(-c4cnc5c(c4C)NCCO5)cc3n2)cc1. The van der Waals surface area contributed by atoms with Gasteiger partial charge in [-0.05, 0) is 49.1 Å². The van der Waals surface area contributed by atoms with Crippen LogP contribution in [0.2, 0.25) is 0 Å². The highest BCUT2D eigenvalue weighted by molar-refractivity contribution is 5.96. The first kappa shape index (κ1) is 23.9. The summed E-state index contributed by atoms with van der Waals surface area (Å²) in [6.45, 7) is 5.49. The molecule has 4 N–H and O–H groups in total. The maximum absolute atomic E-state index is 15.4. The Labute approximate surface area is 219 Å². The maximum atomic E-state index is 15.4. The van der Waals surface area contributed by atoms with E-state index < -0.39 is 5.82 Å². The molecule has 9 nitrogen and oxygen atoms in total. The third kappa shape index (κ3) is 4.11. The number of hydrogen-bond donors (Lipinski definition) is 3. The molecular formula is C28H28FN7O2. The number of nitrogens with one attached hydrogen (secondary N) is 2. The summed E-state index contributed by atoms with van der Waals surface area (Å²) in [5.74, 6) is 0.433. The molecule has 6 rings (SSSR count). The van der Waals surface area contributed by atoms with Crippen molar-refractivity contribution in [1.82, 2.24) is 19.9 Å². The number of nitrogen functional groups attached to an aromatic ring is 1. The van der Waals surface area contributed by atoms with Crippen molar-refractivity contribution in [2.75, 3.05) is 36.1 Å². The molecule has 0 spiro atoms. The number of pyridine rings is 1. The number of carbonyl (C=O) groups excluding carboxylic acids is 1. The Bertz CT molecular complexity index is 1560. The van der Waals surface area contributed by atoms with Crippen LogP contribution in [0.1, 0.15) is 36.9 Å². The highest BCUT2D eigenvalue weighted by atomic mass is 19.1. The first-order valence-corrected chi connectivity index (χ1v) is 12.7. The number of ether oxygens (including phenoxy) is 1. The Kier molecular flexibility index (Phi) is 5.94. The minimum Gasteiger partial charge on any atom is -0.474 e. The van der Waals surface area contributed by atoms with E-state index in [1.807, 2.05) is 36.1 Å². The molecule has 0 bridgehead atoms. The zero-order chi connectivity index (χ0) is 26.4.